The minimum absolute atomic E-state index is 0.123. The normalized spacial score (nSPS) is 16.2. The summed E-state index contributed by atoms with van der Waals surface area (Å²) in [5.74, 6) is -0.123. The van der Waals surface area contributed by atoms with E-state index in [1.165, 1.54) is 11.3 Å². The van der Waals surface area contributed by atoms with Crippen LogP contribution in [0, 0.1) is 6.92 Å². The summed E-state index contributed by atoms with van der Waals surface area (Å²) >= 11 is 1.44. The molecule has 1 aliphatic rings. The van der Waals surface area contributed by atoms with Gasteiger partial charge in [-0.2, -0.15) is 13.2 Å². The van der Waals surface area contributed by atoms with Gasteiger partial charge in [-0.1, -0.05) is 18.9 Å². The van der Waals surface area contributed by atoms with Crippen LogP contribution in [0.2, 0.25) is 0 Å². The van der Waals surface area contributed by atoms with Gasteiger partial charge in [0.2, 0.25) is 5.95 Å². The molecule has 29 heavy (non-hydrogen) atoms. The van der Waals surface area contributed by atoms with E-state index in [0.29, 0.717) is 23.5 Å². The summed E-state index contributed by atoms with van der Waals surface area (Å²) in [5, 5.41) is 14.3. The summed E-state index contributed by atoms with van der Waals surface area (Å²) in [6, 6.07) is 6.42. The van der Waals surface area contributed by atoms with E-state index < -0.39 is 17.5 Å². The Kier molecular flexibility index (Phi) is 5.04. The summed E-state index contributed by atoms with van der Waals surface area (Å²) in [7, 11) is 0. The standard InChI is InChI=1S/C20H19F3N4OS/c1-12-8-13(15-11-25-17(29-15)19(28)5-2-3-6-19)10-14(9-12)26-18-24-7-4-16(27-18)20(21,22)23/h4,7-11,28H,2-3,5-6H2,1H3,(H,24,26,27). The molecule has 2 N–H and O–H groups in total. The SMILES string of the molecule is Cc1cc(Nc2nccc(C(F)(F)F)n2)cc(-c2cnc(C3(O)CCCC3)s2)c1. The highest BCUT2D eigenvalue weighted by molar-refractivity contribution is 7.15. The number of thiazole rings is 1. The van der Waals surface area contributed by atoms with E-state index in [4.69, 9.17) is 0 Å². The number of rotatable bonds is 4. The highest BCUT2D eigenvalue weighted by Gasteiger charge is 2.36. The van der Waals surface area contributed by atoms with E-state index in [0.717, 1.165) is 41.1 Å². The molecule has 2 heterocycles. The van der Waals surface area contributed by atoms with E-state index in [9.17, 15) is 18.3 Å². The fraction of sp³-hybridized carbons (Fsp3) is 0.350. The van der Waals surface area contributed by atoms with Crippen LogP contribution in [0.4, 0.5) is 24.8 Å². The zero-order valence-corrected chi connectivity index (χ0v) is 16.4. The lowest BCUT2D eigenvalue weighted by Crippen LogP contribution is -2.20. The fourth-order valence-electron chi connectivity index (χ4n) is 3.50. The van der Waals surface area contributed by atoms with E-state index in [-0.39, 0.29) is 5.95 Å². The van der Waals surface area contributed by atoms with Crippen molar-refractivity contribution in [2.24, 2.45) is 0 Å². The van der Waals surface area contributed by atoms with Crippen molar-refractivity contribution in [3.63, 3.8) is 0 Å². The molecule has 0 spiro atoms. The van der Waals surface area contributed by atoms with Crippen molar-refractivity contribution in [3.05, 3.63) is 52.9 Å². The molecule has 1 fully saturated rings. The molecule has 0 unspecified atom stereocenters. The zero-order chi connectivity index (χ0) is 20.6. The average molecular weight is 420 g/mol. The molecule has 0 radical (unpaired) electrons. The lowest BCUT2D eigenvalue weighted by Gasteiger charge is -2.18. The van der Waals surface area contributed by atoms with Crippen LogP contribution >= 0.6 is 11.3 Å². The molecule has 9 heteroatoms. The van der Waals surface area contributed by atoms with Gasteiger partial charge >= 0.3 is 6.18 Å². The third-order valence-corrected chi connectivity index (χ3v) is 6.14. The summed E-state index contributed by atoms with van der Waals surface area (Å²) in [5.41, 5.74) is 0.518. The van der Waals surface area contributed by atoms with Crippen molar-refractivity contribution in [1.82, 2.24) is 15.0 Å². The molecule has 0 aliphatic heterocycles. The van der Waals surface area contributed by atoms with Crippen LogP contribution in [0.3, 0.4) is 0 Å². The largest absolute Gasteiger partial charge is 0.433 e. The van der Waals surface area contributed by atoms with Gasteiger partial charge in [-0.05, 0) is 49.1 Å². The second kappa shape index (κ2) is 7.38. The van der Waals surface area contributed by atoms with Crippen molar-refractivity contribution >= 4 is 23.0 Å². The number of anilines is 2. The van der Waals surface area contributed by atoms with Gasteiger partial charge in [0.15, 0.2) is 0 Å². The molecule has 0 bridgehead atoms. The lowest BCUT2D eigenvalue weighted by atomic mass is 10.0. The number of alkyl halides is 3. The highest BCUT2D eigenvalue weighted by atomic mass is 32.1. The summed E-state index contributed by atoms with van der Waals surface area (Å²) in [6.45, 7) is 1.90. The van der Waals surface area contributed by atoms with Crippen molar-refractivity contribution < 1.29 is 18.3 Å². The number of nitrogens with one attached hydrogen (secondary N) is 1. The lowest BCUT2D eigenvalue weighted by molar-refractivity contribution is -0.141. The van der Waals surface area contributed by atoms with Gasteiger partial charge in [0.25, 0.3) is 0 Å². The van der Waals surface area contributed by atoms with Gasteiger partial charge in [-0.3, -0.25) is 0 Å². The van der Waals surface area contributed by atoms with Crippen molar-refractivity contribution in [3.8, 4) is 10.4 Å². The highest BCUT2D eigenvalue weighted by Crippen LogP contribution is 2.42. The van der Waals surface area contributed by atoms with Crippen LogP contribution in [0.25, 0.3) is 10.4 Å². The van der Waals surface area contributed by atoms with Crippen LogP contribution in [0.5, 0.6) is 0 Å². The second-order valence-electron chi connectivity index (χ2n) is 7.24. The smallest absolute Gasteiger partial charge is 0.383 e. The van der Waals surface area contributed by atoms with Crippen LogP contribution in [0.15, 0.2) is 36.7 Å². The van der Waals surface area contributed by atoms with Crippen molar-refractivity contribution in [2.75, 3.05) is 5.32 Å². The quantitative estimate of drug-likeness (QED) is 0.589. The Morgan fingerprint density at radius 1 is 1.14 bits per heavy atom. The number of hydrogen-bond donors (Lipinski definition) is 2. The minimum atomic E-state index is -4.53. The molecule has 0 amide bonds. The zero-order valence-electron chi connectivity index (χ0n) is 15.6. The maximum absolute atomic E-state index is 12.9. The van der Waals surface area contributed by atoms with E-state index >= 15 is 0 Å². The van der Waals surface area contributed by atoms with Gasteiger partial charge in [-0.15, -0.1) is 11.3 Å². The molecular weight excluding hydrogens is 401 g/mol. The first-order valence-electron chi connectivity index (χ1n) is 9.21. The van der Waals surface area contributed by atoms with Crippen LogP contribution in [0.1, 0.15) is 41.9 Å². The third kappa shape index (κ3) is 4.25. The summed E-state index contributed by atoms with van der Waals surface area (Å²) in [4.78, 5) is 12.7. The maximum atomic E-state index is 12.9. The molecule has 1 aromatic carbocycles. The molecule has 3 aromatic rings. The maximum Gasteiger partial charge on any atom is 0.433 e. The third-order valence-electron chi connectivity index (χ3n) is 4.90. The van der Waals surface area contributed by atoms with Gasteiger partial charge in [-0.25, -0.2) is 15.0 Å². The molecule has 152 valence electrons. The number of hydrogen-bond acceptors (Lipinski definition) is 6. The number of nitrogens with zero attached hydrogens (tertiary/aromatic N) is 3. The van der Waals surface area contributed by atoms with E-state index in [1.807, 2.05) is 19.1 Å². The Balaban J connectivity index is 1.61. The Labute approximate surface area is 169 Å². The first kappa shape index (κ1) is 19.8. The monoisotopic (exact) mass is 420 g/mol. The average Bonchev–Trinajstić information content (AvgIpc) is 3.31. The van der Waals surface area contributed by atoms with Gasteiger partial charge < -0.3 is 10.4 Å². The van der Waals surface area contributed by atoms with Crippen molar-refractivity contribution in [2.45, 2.75) is 44.4 Å². The summed E-state index contributed by atoms with van der Waals surface area (Å²) < 4.78 is 38.6. The molecule has 5 nitrogen and oxygen atoms in total. The van der Waals surface area contributed by atoms with Gasteiger partial charge in [0.05, 0.1) is 4.88 Å². The van der Waals surface area contributed by atoms with Crippen LogP contribution in [-0.4, -0.2) is 20.1 Å². The van der Waals surface area contributed by atoms with Crippen LogP contribution in [-0.2, 0) is 11.8 Å². The molecule has 0 atom stereocenters. The summed E-state index contributed by atoms with van der Waals surface area (Å²) in [6.07, 6.45) is 1.68. The van der Waals surface area contributed by atoms with Gasteiger partial charge in [0, 0.05) is 18.1 Å². The Morgan fingerprint density at radius 3 is 2.62 bits per heavy atom. The second-order valence-corrected chi connectivity index (χ2v) is 8.27. The first-order valence-corrected chi connectivity index (χ1v) is 10.0. The van der Waals surface area contributed by atoms with Gasteiger partial charge in [0.1, 0.15) is 16.3 Å². The molecule has 4 rings (SSSR count). The Hall–Kier alpha value is -2.52. The van der Waals surface area contributed by atoms with Crippen molar-refractivity contribution in [1.29, 1.82) is 0 Å². The molecule has 2 aromatic heterocycles. The number of aliphatic hydroxyl groups is 1. The number of aromatic nitrogens is 3. The Morgan fingerprint density at radius 2 is 1.90 bits per heavy atom. The number of aryl methyl sites for hydroxylation is 1. The first-order chi connectivity index (χ1) is 13.7. The van der Waals surface area contributed by atoms with E-state index in [1.54, 1.807) is 12.3 Å². The molecular formula is C20H19F3N4OS. The fourth-order valence-corrected chi connectivity index (χ4v) is 4.55. The Bertz CT molecular complexity index is 1030. The predicted octanol–water partition coefficient (Wildman–Crippen LogP) is 5.43. The predicted molar refractivity (Wildman–Crippen MR) is 105 cm³/mol. The molecule has 1 aliphatic carbocycles. The topological polar surface area (TPSA) is 70.9 Å². The number of benzene rings is 1. The minimum Gasteiger partial charge on any atom is -0.383 e. The van der Waals surface area contributed by atoms with Crippen LogP contribution < -0.4 is 5.32 Å². The van der Waals surface area contributed by atoms with E-state index in [2.05, 4.69) is 20.3 Å². The molecule has 1 saturated carbocycles. The molecule has 0 saturated heterocycles. The number of halogens is 3.